The fourth-order valence-corrected chi connectivity index (χ4v) is 3.90. The van der Waals surface area contributed by atoms with Crippen LogP contribution in [0.3, 0.4) is 0 Å². The van der Waals surface area contributed by atoms with Gasteiger partial charge in [-0.3, -0.25) is 0 Å². The molecule has 0 amide bonds. The number of hydrogen-bond acceptors (Lipinski definition) is 3. The van der Waals surface area contributed by atoms with Crippen LogP contribution in [0.4, 0.5) is 0 Å². The number of aryl methyl sites for hydroxylation is 1. The first kappa shape index (κ1) is 12.8. The molecule has 1 aromatic carbocycles. The van der Waals surface area contributed by atoms with Gasteiger partial charge < -0.3 is 5.32 Å². The second-order valence-electron chi connectivity index (χ2n) is 5.42. The molecule has 0 bridgehead atoms. The van der Waals surface area contributed by atoms with Gasteiger partial charge in [0, 0.05) is 23.5 Å². The molecule has 3 rings (SSSR count). The average molecular weight is 272 g/mol. The van der Waals surface area contributed by atoms with Gasteiger partial charge in [0.25, 0.3) is 0 Å². The molecule has 0 radical (unpaired) electrons. The van der Waals surface area contributed by atoms with Gasteiger partial charge in [0.2, 0.25) is 0 Å². The number of rotatable bonds is 4. The number of aromatic nitrogens is 1. The molecule has 3 heteroatoms. The van der Waals surface area contributed by atoms with E-state index in [2.05, 4.69) is 53.9 Å². The summed E-state index contributed by atoms with van der Waals surface area (Å²) in [6.45, 7) is 2.07. The van der Waals surface area contributed by atoms with Crippen LogP contribution in [-0.2, 0) is 19.3 Å². The van der Waals surface area contributed by atoms with Gasteiger partial charge >= 0.3 is 0 Å². The summed E-state index contributed by atoms with van der Waals surface area (Å²) in [6.07, 6.45) is 3.45. The second kappa shape index (κ2) is 5.43. The molecule has 100 valence electrons. The zero-order valence-electron chi connectivity index (χ0n) is 11.5. The minimum absolute atomic E-state index is 0.526. The van der Waals surface area contributed by atoms with Crippen molar-refractivity contribution in [2.45, 2.75) is 32.2 Å². The number of benzene rings is 1. The molecule has 0 fully saturated rings. The summed E-state index contributed by atoms with van der Waals surface area (Å²) >= 11 is 1.78. The molecule has 1 unspecified atom stereocenters. The van der Waals surface area contributed by atoms with E-state index < -0.39 is 0 Å². The van der Waals surface area contributed by atoms with Gasteiger partial charge in [-0.1, -0.05) is 24.3 Å². The van der Waals surface area contributed by atoms with Crippen LogP contribution in [0, 0.1) is 12.8 Å². The first-order valence-electron chi connectivity index (χ1n) is 6.91. The van der Waals surface area contributed by atoms with Crippen molar-refractivity contribution in [1.29, 1.82) is 0 Å². The highest BCUT2D eigenvalue weighted by Gasteiger charge is 2.28. The largest absolute Gasteiger partial charge is 0.316 e. The monoisotopic (exact) mass is 272 g/mol. The molecule has 1 aliphatic carbocycles. The number of fused-ring (bicyclic) bond motifs is 1. The highest BCUT2D eigenvalue weighted by atomic mass is 32.1. The number of nitrogens with zero attached hydrogens (tertiary/aromatic N) is 1. The zero-order chi connectivity index (χ0) is 13.2. The van der Waals surface area contributed by atoms with E-state index in [0.29, 0.717) is 12.0 Å². The van der Waals surface area contributed by atoms with Crippen molar-refractivity contribution in [2.75, 3.05) is 7.05 Å². The SMILES string of the molecule is CNC(Cc1nc(C)cs1)C1Cc2ccccc2C1. The van der Waals surface area contributed by atoms with Gasteiger partial charge in [0.15, 0.2) is 0 Å². The van der Waals surface area contributed by atoms with Crippen LogP contribution >= 0.6 is 11.3 Å². The Morgan fingerprint density at radius 1 is 1.32 bits per heavy atom. The van der Waals surface area contributed by atoms with Crippen molar-refractivity contribution in [3.63, 3.8) is 0 Å². The lowest BCUT2D eigenvalue weighted by Gasteiger charge is -2.21. The van der Waals surface area contributed by atoms with Crippen LogP contribution in [0.2, 0.25) is 0 Å². The van der Waals surface area contributed by atoms with Crippen LogP contribution in [0.5, 0.6) is 0 Å². The summed E-state index contributed by atoms with van der Waals surface area (Å²) in [5, 5.41) is 6.90. The van der Waals surface area contributed by atoms with Crippen molar-refractivity contribution >= 4 is 11.3 Å². The second-order valence-corrected chi connectivity index (χ2v) is 6.36. The van der Waals surface area contributed by atoms with Gasteiger partial charge in [0.1, 0.15) is 0 Å². The highest BCUT2D eigenvalue weighted by molar-refractivity contribution is 7.09. The minimum atomic E-state index is 0.526. The van der Waals surface area contributed by atoms with Crippen LogP contribution in [0.1, 0.15) is 21.8 Å². The summed E-state index contributed by atoms with van der Waals surface area (Å²) < 4.78 is 0. The molecule has 1 aromatic heterocycles. The van der Waals surface area contributed by atoms with Crippen LogP contribution in [0.25, 0.3) is 0 Å². The summed E-state index contributed by atoms with van der Waals surface area (Å²) in [5.41, 5.74) is 4.20. The Kier molecular flexibility index (Phi) is 3.67. The van der Waals surface area contributed by atoms with Crippen LogP contribution < -0.4 is 5.32 Å². The van der Waals surface area contributed by atoms with E-state index in [-0.39, 0.29) is 0 Å². The Labute approximate surface area is 118 Å². The molecule has 0 aliphatic heterocycles. The molecule has 2 aromatic rings. The van der Waals surface area contributed by atoms with Crippen molar-refractivity contribution < 1.29 is 0 Å². The molecule has 19 heavy (non-hydrogen) atoms. The van der Waals surface area contributed by atoms with Gasteiger partial charge in [0.05, 0.1) is 5.01 Å². The van der Waals surface area contributed by atoms with Crippen molar-refractivity contribution in [3.05, 3.63) is 51.5 Å². The van der Waals surface area contributed by atoms with Crippen LogP contribution in [-0.4, -0.2) is 18.1 Å². The number of thiazole rings is 1. The third-order valence-corrected chi connectivity index (χ3v) is 5.07. The Bertz CT molecular complexity index is 536. The summed E-state index contributed by atoms with van der Waals surface area (Å²) in [7, 11) is 2.08. The predicted molar refractivity (Wildman–Crippen MR) is 80.7 cm³/mol. The first-order chi connectivity index (χ1) is 9.26. The lowest BCUT2D eigenvalue weighted by Crippen LogP contribution is -2.36. The maximum Gasteiger partial charge on any atom is 0.0943 e. The molecule has 1 heterocycles. The predicted octanol–water partition coefficient (Wildman–Crippen LogP) is 3.00. The van der Waals surface area contributed by atoms with E-state index in [1.54, 1.807) is 11.3 Å². The normalized spacial score (nSPS) is 16.5. The summed E-state index contributed by atoms with van der Waals surface area (Å²) in [5.74, 6) is 0.701. The lowest BCUT2D eigenvalue weighted by atomic mass is 9.94. The first-order valence-corrected chi connectivity index (χ1v) is 7.79. The third-order valence-electron chi connectivity index (χ3n) is 4.08. The molecule has 1 N–H and O–H groups in total. The molecule has 1 aliphatic rings. The van der Waals surface area contributed by atoms with Crippen molar-refractivity contribution in [3.8, 4) is 0 Å². The molecule has 2 nitrogen and oxygen atoms in total. The van der Waals surface area contributed by atoms with E-state index in [0.717, 1.165) is 12.1 Å². The maximum atomic E-state index is 4.60. The van der Waals surface area contributed by atoms with Crippen molar-refractivity contribution in [2.24, 2.45) is 5.92 Å². The van der Waals surface area contributed by atoms with Crippen molar-refractivity contribution in [1.82, 2.24) is 10.3 Å². The third kappa shape index (κ3) is 2.72. The Morgan fingerprint density at radius 3 is 2.53 bits per heavy atom. The van der Waals surface area contributed by atoms with E-state index >= 15 is 0 Å². The number of nitrogens with one attached hydrogen (secondary N) is 1. The fraction of sp³-hybridized carbons (Fsp3) is 0.438. The summed E-state index contributed by atoms with van der Waals surface area (Å²) in [6, 6.07) is 9.38. The zero-order valence-corrected chi connectivity index (χ0v) is 12.3. The lowest BCUT2D eigenvalue weighted by molar-refractivity contribution is 0.383. The van der Waals surface area contributed by atoms with Gasteiger partial charge in [-0.25, -0.2) is 4.98 Å². The average Bonchev–Trinajstić information content (AvgIpc) is 3.01. The molecule has 1 atom stereocenters. The topological polar surface area (TPSA) is 24.9 Å². The van der Waals surface area contributed by atoms with Crippen LogP contribution in [0.15, 0.2) is 29.6 Å². The van der Waals surface area contributed by atoms with E-state index in [4.69, 9.17) is 0 Å². The van der Waals surface area contributed by atoms with E-state index in [9.17, 15) is 0 Å². The standard InChI is InChI=1S/C16H20N2S/c1-11-10-19-16(18-11)9-15(17-2)14-7-12-5-3-4-6-13(12)8-14/h3-6,10,14-15,17H,7-9H2,1-2H3. The van der Waals surface area contributed by atoms with Gasteiger partial charge in [-0.2, -0.15) is 0 Å². The molecular weight excluding hydrogens is 252 g/mol. The molecule has 0 spiro atoms. The molecular formula is C16H20N2S. The number of hydrogen-bond donors (Lipinski definition) is 1. The Morgan fingerprint density at radius 2 is 2.00 bits per heavy atom. The van der Waals surface area contributed by atoms with E-state index in [1.807, 2.05) is 0 Å². The molecule has 0 saturated heterocycles. The van der Waals surface area contributed by atoms with Gasteiger partial charge in [-0.15, -0.1) is 11.3 Å². The molecule has 0 saturated carbocycles. The maximum absolute atomic E-state index is 4.60. The minimum Gasteiger partial charge on any atom is -0.316 e. The number of likely N-dealkylation sites (N-methyl/N-ethyl adjacent to an activating group) is 1. The fourth-order valence-electron chi connectivity index (χ4n) is 3.07. The van der Waals surface area contributed by atoms with Gasteiger partial charge in [-0.05, 0) is 43.9 Å². The highest BCUT2D eigenvalue weighted by Crippen LogP contribution is 2.30. The quantitative estimate of drug-likeness (QED) is 0.925. The van der Waals surface area contributed by atoms with E-state index in [1.165, 1.54) is 29.0 Å². The summed E-state index contributed by atoms with van der Waals surface area (Å²) in [4.78, 5) is 4.60. The Balaban J connectivity index is 1.71. The Hall–Kier alpha value is -1.19. The smallest absolute Gasteiger partial charge is 0.0943 e.